The third-order valence-electron chi connectivity index (χ3n) is 2.02. The van der Waals surface area contributed by atoms with Crippen molar-refractivity contribution >= 4 is 11.8 Å². The van der Waals surface area contributed by atoms with Gasteiger partial charge < -0.3 is 10.5 Å². The summed E-state index contributed by atoms with van der Waals surface area (Å²) in [5.74, 6) is 0.924. The topological polar surface area (TPSA) is 35.2 Å². The van der Waals surface area contributed by atoms with Gasteiger partial charge >= 0.3 is 0 Å². The quantitative estimate of drug-likeness (QED) is 0.783. The first-order valence-electron chi connectivity index (χ1n) is 5.19. The lowest BCUT2D eigenvalue weighted by atomic mass is 10.2. The van der Waals surface area contributed by atoms with Crippen molar-refractivity contribution < 1.29 is 4.74 Å². The molecule has 0 spiro atoms. The maximum Gasteiger partial charge on any atom is 0.119 e. The number of benzene rings is 1. The molecule has 0 radical (unpaired) electrons. The van der Waals surface area contributed by atoms with Crippen LogP contribution < -0.4 is 10.5 Å². The number of nitrogens with two attached hydrogens (primary N) is 1. The van der Waals surface area contributed by atoms with Crippen molar-refractivity contribution in [3.05, 3.63) is 24.3 Å². The van der Waals surface area contributed by atoms with E-state index in [1.807, 2.05) is 19.1 Å². The van der Waals surface area contributed by atoms with Gasteiger partial charge in [0.1, 0.15) is 5.75 Å². The standard InChI is InChI=1S/C12H19NOS/c1-4-14-10-5-7-11(8-6-10)15-12(2,3)9-13/h5-8H,4,9,13H2,1-3H3. The van der Waals surface area contributed by atoms with Crippen LogP contribution in [0.1, 0.15) is 20.8 Å². The fourth-order valence-corrected chi connectivity index (χ4v) is 2.12. The maximum atomic E-state index is 5.69. The zero-order valence-electron chi connectivity index (χ0n) is 9.62. The van der Waals surface area contributed by atoms with E-state index in [2.05, 4.69) is 26.0 Å². The van der Waals surface area contributed by atoms with E-state index in [0.717, 1.165) is 5.75 Å². The molecular weight excluding hydrogens is 206 g/mol. The molecule has 2 N–H and O–H groups in total. The highest BCUT2D eigenvalue weighted by atomic mass is 32.2. The van der Waals surface area contributed by atoms with E-state index >= 15 is 0 Å². The van der Waals surface area contributed by atoms with Crippen LogP contribution in [-0.2, 0) is 0 Å². The summed E-state index contributed by atoms with van der Waals surface area (Å²) in [6.45, 7) is 7.66. The highest BCUT2D eigenvalue weighted by Gasteiger charge is 2.16. The summed E-state index contributed by atoms with van der Waals surface area (Å²) in [7, 11) is 0. The fourth-order valence-electron chi connectivity index (χ4n) is 1.13. The Labute approximate surface area is 96.2 Å². The van der Waals surface area contributed by atoms with Crippen molar-refractivity contribution in [1.82, 2.24) is 0 Å². The van der Waals surface area contributed by atoms with Gasteiger partial charge in [-0.2, -0.15) is 0 Å². The summed E-state index contributed by atoms with van der Waals surface area (Å²) < 4.78 is 5.47. The molecule has 0 fully saturated rings. The minimum atomic E-state index is 0.0904. The van der Waals surface area contributed by atoms with Crippen LogP contribution in [0.3, 0.4) is 0 Å². The summed E-state index contributed by atoms with van der Waals surface area (Å²) in [6, 6.07) is 8.15. The molecule has 15 heavy (non-hydrogen) atoms. The Balaban J connectivity index is 2.64. The molecule has 3 heteroatoms. The molecule has 1 aromatic rings. The van der Waals surface area contributed by atoms with Crippen LogP contribution in [0.25, 0.3) is 0 Å². The average molecular weight is 225 g/mol. The van der Waals surface area contributed by atoms with Crippen molar-refractivity contribution in [3.8, 4) is 5.75 Å². The largest absolute Gasteiger partial charge is 0.494 e. The van der Waals surface area contributed by atoms with Crippen molar-refractivity contribution in [2.75, 3.05) is 13.2 Å². The molecule has 0 aromatic heterocycles. The molecule has 0 aliphatic heterocycles. The summed E-state index contributed by atoms with van der Waals surface area (Å²) in [5.41, 5.74) is 5.69. The molecule has 0 heterocycles. The molecule has 0 unspecified atom stereocenters. The summed E-state index contributed by atoms with van der Waals surface area (Å²) >= 11 is 1.79. The van der Waals surface area contributed by atoms with E-state index in [9.17, 15) is 0 Å². The minimum Gasteiger partial charge on any atom is -0.494 e. The smallest absolute Gasteiger partial charge is 0.119 e. The highest BCUT2D eigenvalue weighted by Crippen LogP contribution is 2.32. The van der Waals surface area contributed by atoms with E-state index in [4.69, 9.17) is 10.5 Å². The minimum absolute atomic E-state index is 0.0904. The molecule has 84 valence electrons. The SMILES string of the molecule is CCOc1ccc(SC(C)(C)CN)cc1. The Hall–Kier alpha value is -0.670. The van der Waals surface area contributed by atoms with E-state index in [1.54, 1.807) is 11.8 Å². The van der Waals surface area contributed by atoms with Gasteiger partial charge in [-0.25, -0.2) is 0 Å². The predicted octanol–water partition coefficient (Wildman–Crippen LogP) is 2.91. The molecule has 0 amide bonds. The van der Waals surface area contributed by atoms with Crippen LogP contribution in [0.2, 0.25) is 0 Å². The van der Waals surface area contributed by atoms with E-state index in [1.165, 1.54) is 4.90 Å². The summed E-state index contributed by atoms with van der Waals surface area (Å²) in [6.07, 6.45) is 0. The Morgan fingerprint density at radius 2 is 1.87 bits per heavy atom. The van der Waals surface area contributed by atoms with Crippen LogP contribution in [0, 0.1) is 0 Å². The van der Waals surface area contributed by atoms with Crippen LogP contribution in [-0.4, -0.2) is 17.9 Å². The van der Waals surface area contributed by atoms with Crippen molar-refractivity contribution in [1.29, 1.82) is 0 Å². The van der Waals surface area contributed by atoms with Gasteiger partial charge in [0.25, 0.3) is 0 Å². The Kier molecular flexibility index (Phi) is 4.48. The predicted molar refractivity (Wildman–Crippen MR) is 66.6 cm³/mol. The summed E-state index contributed by atoms with van der Waals surface area (Å²) in [5, 5.41) is 0. The molecule has 0 aliphatic carbocycles. The monoisotopic (exact) mass is 225 g/mol. The number of hydrogen-bond donors (Lipinski definition) is 1. The number of thioether (sulfide) groups is 1. The average Bonchev–Trinajstić information content (AvgIpc) is 2.21. The fraction of sp³-hybridized carbons (Fsp3) is 0.500. The van der Waals surface area contributed by atoms with Crippen LogP contribution in [0.5, 0.6) is 5.75 Å². The van der Waals surface area contributed by atoms with Gasteiger partial charge in [0.15, 0.2) is 0 Å². The lowest BCUT2D eigenvalue weighted by molar-refractivity contribution is 0.340. The number of hydrogen-bond acceptors (Lipinski definition) is 3. The Bertz CT molecular complexity index is 295. The molecule has 2 nitrogen and oxygen atoms in total. The zero-order valence-corrected chi connectivity index (χ0v) is 10.4. The second-order valence-electron chi connectivity index (χ2n) is 3.97. The van der Waals surface area contributed by atoms with Crippen LogP contribution in [0.15, 0.2) is 29.2 Å². The van der Waals surface area contributed by atoms with Crippen LogP contribution in [0.4, 0.5) is 0 Å². The van der Waals surface area contributed by atoms with Crippen LogP contribution >= 0.6 is 11.8 Å². The second kappa shape index (κ2) is 5.42. The molecule has 0 saturated carbocycles. The third-order valence-corrected chi connectivity index (χ3v) is 3.25. The first-order valence-corrected chi connectivity index (χ1v) is 6.01. The van der Waals surface area contributed by atoms with Crippen molar-refractivity contribution in [3.63, 3.8) is 0 Å². The van der Waals surface area contributed by atoms with Gasteiger partial charge in [-0.05, 0) is 45.0 Å². The first-order chi connectivity index (χ1) is 7.07. The van der Waals surface area contributed by atoms with Gasteiger partial charge in [-0.1, -0.05) is 0 Å². The zero-order chi connectivity index (χ0) is 11.3. The van der Waals surface area contributed by atoms with Gasteiger partial charge in [-0.15, -0.1) is 11.8 Å². The summed E-state index contributed by atoms with van der Waals surface area (Å²) in [4.78, 5) is 1.23. The van der Waals surface area contributed by atoms with Gasteiger partial charge in [-0.3, -0.25) is 0 Å². The second-order valence-corrected chi connectivity index (χ2v) is 5.75. The lowest BCUT2D eigenvalue weighted by Crippen LogP contribution is -2.26. The molecule has 0 saturated heterocycles. The highest BCUT2D eigenvalue weighted by molar-refractivity contribution is 8.00. The first kappa shape index (κ1) is 12.4. The maximum absolute atomic E-state index is 5.69. The molecule has 1 aromatic carbocycles. The number of ether oxygens (including phenoxy) is 1. The molecular formula is C12H19NOS. The number of rotatable bonds is 5. The molecule has 0 atom stereocenters. The normalized spacial score (nSPS) is 11.5. The van der Waals surface area contributed by atoms with Crippen molar-refractivity contribution in [2.45, 2.75) is 30.4 Å². The molecule has 0 bridgehead atoms. The molecule has 0 aliphatic rings. The van der Waals surface area contributed by atoms with Crippen molar-refractivity contribution in [2.24, 2.45) is 5.73 Å². The Morgan fingerprint density at radius 3 is 2.33 bits per heavy atom. The van der Waals surface area contributed by atoms with Gasteiger partial charge in [0.05, 0.1) is 6.61 Å². The van der Waals surface area contributed by atoms with E-state index < -0.39 is 0 Å². The third kappa shape index (κ3) is 4.14. The van der Waals surface area contributed by atoms with E-state index in [-0.39, 0.29) is 4.75 Å². The van der Waals surface area contributed by atoms with Gasteiger partial charge in [0, 0.05) is 16.2 Å². The van der Waals surface area contributed by atoms with Gasteiger partial charge in [0.2, 0.25) is 0 Å². The van der Waals surface area contributed by atoms with E-state index in [0.29, 0.717) is 13.2 Å². The molecule has 1 rings (SSSR count). The lowest BCUT2D eigenvalue weighted by Gasteiger charge is -2.21. The Morgan fingerprint density at radius 1 is 1.27 bits per heavy atom.